The van der Waals surface area contributed by atoms with Crippen LogP contribution in [-0.4, -0.2) is 27.8 Å². The standard InChI is InChI=1S/C25H30N6O2/c1-16-14-22(32)29-23(26-16)31-21(15-20(30-31)17-8-6-5-7-9-17)28-24(33)27-19-12-10-18(11-13-19)25(2,3)4/h5-13,15-16,23,26H,14H2,1-4H3,(H,29,32)(H2,27,28,33). The lowest BCUT2D eigenvalue weighted by Gasteiger charge is -2.30. The SMILES string of the molecule is CC1CC(=O)NC(n2nc(-c3ccccc3)cc2NC(=O)Nc2ccc(C(C)(C)C)cc2)N1. The van der Waals surface area contributed by atoms with Crippen molar-refractivity contribution in [2.75, 3.05) is 10.6 Å². The molecule has 2 aromatic carbocycles. The number of hydrogen-bond acceptors (Lipinski definition) is 4. The van der Waals surface area contributed by atoms with E-state index in [0.717, 1.165) is 5.56 Å². The first-order chi connectivity index (χ1) is 15.7. The van der Waals surface area contributed by atoms with Gasteiger partial charge in [-0.15, -0.1) is 0 Å². The molecule has 4 N–H and O–H groups in total. The number of carbonyl (C=O) groups is 2. The van der Waals surface area contributed by atoms with Crippen molar-refractivity contribution < 1.29 is 9.59 Å². The summed E-state index contributed by atoms with van der Waals surface area (Å²) in [7, 11) is 0. The molecular weight excluding hydrogens is 416 g/mol. The highest BCUT2D eigenvalue weighted by molar-refractivity contribution is 5.99. The minimum atomic E-state index is -0.569. The van der Waals surface area contributed by atoms with Crippen molar-refractivity contribution in [1.29, 1.82) is 0 Å². The Bertz CT molecular complexity index is 1130. The molecule has 1 aliphatic rings. The van der Waals surface area contributed by atoms with Gasteiger partial charge in [-0.1, -0.05) is 63.2 Å². The quantitative estimate of drug-likeness (QED) is 0.476. The number of hydrogen-bond donors (Lipinski definition) is 4. The Morgan fingerprint density at radius 2 is 1.76 bits per heavy atom. The molecule has 2 atom stereocenters. The predicted octanol–water partition coefficient (Wildman–Crippen LogP) is 4.45. The first kappa shape index (κ1) is 22.5. The van der Waals surface area contributed by atoms with E-state index in [9.17, 15) is 9.59 Å². The van der Waals surface area contributed by atoms with Gasteiger partial charge in [0, 0.05) is 29.8 Å². The molecule has 1 aromatic heterocycles. The zero-order valence-electron chi connectivity index (χ0n) is 19.3. The van der Waals surface area contributed by atoms with Crippen molar-refractivity contribution in [1.82, 2.24) is 20.4 Å². The lowest BCUT2D eigenvalue weighted by molar-refractivity contribution is -0.125. The molecule has 0 radical (unpaired) electrons. The van der Waals surface area contributed by atoms with Gasteiger partial charge >= 0.3 is 6.03 Å². The predicted molar refractivity (Wildman–Crippen MR) is 130 cm³/mol. The van der Waals surface area contributed by atoms with E-state index in [1.807, 2.05) is 61.5 Å². The number of nitrogens with zero attached hydrogens (tertiary/aromatic N) is 2. The van der Waals surface area contributed by atoms with Gasteiger partial charge in [-0.2, -0.15) is 5.10 Å². The number of urea groups is 1. The molecule has 1 aliphatic heterocycles. The maximum atomic E-state index is 12.8. The highest BCUT2D eigenvalue weighted by atomic mass is 16.2. The Kier molecular flexibility index (Phi) is 6.20. The van der Waals surface area contributed by atoms with E-state index in [0.29, 0.717) is 23.6 Å². The molecule has 33 heavy (non-hydrogen) atoms. The van der Waals surface area contributed by atoms with Crippen LogP contribution in [0.1, 0.15) is 46.0 Å². The van der Waals surface area contributed by atoms with Gasteiger partial charge in [-0.3, -0.25) is 15.4 Å². The Hall–Kier alpha value is -3.65. The molecule has 8 nitrogen and oxygen atoms in total. The molecule has 8 heteroatoms. The Morgan fingerprint density at radius 1 is 1.06 bits per heavy atom. The van der Waals surface area contributed by atoms with Crippen molar-refractivity contribution in [2.24, 2.45) is 0 Å². The van der Waals surface area contributed by atoms with Gasteiger partial charge in [0.25, 0.3) is 0 Å². The number of amides is 3. The van der Waals surface area contributed by atoms with Gasteiger partial charge in [0.1, 0.15) is 5.82 Å². The van der Waals surface area contributed by atoms with Crippen molar-refractivity contribution in [2.45, 2.75) is 51.9 Å². The number of carbonyl (C=O) groups excluding carboxylic acids is 2. The van der Waals surface area contributed by atoms with E-state index in [4.69, 9.17) is 0 Å². The number of aromatic nitrogens is 2. The van der Waals surface area contributed by atoms with Crippen LogP contribution in [0.3, 0.4) is 0 Å². The van der Waals surface area contributed by atoms with Crippen LogP contribution in [0.4, 0.5) is 16.3 Å². The number of anilines is 2. The lowest BCUT2D eigenvalue weighted by Crippen LogP contribution is -2.52. The first-order valence-electron chi connectivity index (χ1n) is 11.1. The molecule has 3 amide bonds. The van der Waals surface area contributed by atoms with E-state index >= 15 is 0 Å². The maximum Gasteiger partial charge on any atom is 0.324 e. The summed E-state index contributed by atoms with van der Waals surface area (Å²) in [6, 6.07) is 18.9. The van der Waals surface area contributed by atoms with Crippen LogP contribution in [0.5, 0.6) is 0 Å². The average molecular weight is 447 g/mol. The summed E-state index contributed by atoms with van der Waals surface area (Å²) in [6.45, 7) is 8.38. The molecule has 1 fully saturated rings. The molecule has 4 rings (SSSR count). The third-order valence-corrected chi connectivity index (χ3v) is 5.53. The molecular formula is C25H30N6O2. The van der Waals surface area contributed by atoms with Crippen molar-refractivity contribution >= 4 is 23.4 Å². The van der Waals surface area contributed by atoms with Crippen molar-refractivity contribution in [3.63, 3.8) is 0 Å². The van der Waals surface area contributed by atoms with Crippen LogP contribution in [0.15, 0.2) is 60.7 Å². The summed E-state index contributed by atoms with van der Waals surface area (Å²) in [6.07, 6.45) is -0.183. The second-order valence-electron chi connectivity index (χ2n) is 9.37. The van der Waals surface area contributed by atoms with E-state index in [1.54, 1.807) is 10.7 Å². The normalized spacial score (nSPS) is 18.5. The number of rotatable bonds is 4. The fourth-order valence-electron chi connectivity index (χ4n) is 3.76. The Labute approximate surface area is 193 Å². The molecule has 3 aromatic rings. The van der Waals surface area contributed by atoms with Gasteiger partial charge in [0.2, 0.25) is 5.91 Å². The van der Waals surface area contributed by atoms with Gasteiger partial charge in [-0.25, -0.2) is 9.48 Å². The maximum absolute atomic E-state index is 12.8. The highest BCUT2D eigenvalue weighted by Crippen LogP contribution is 2.26. The molecule has 0 spiro atoms. The zero-order chi connectivity index (χ0) is 23.6. The van der Waals surface area contributed by atoms with Crippen LogP contribution in [-0.2, 0) is 10.2 Å². The molecule has 172 valence electrons. The Morgan fingerprint density at radius 3 is 2.39 bits per heavy atom. The monoisotopic (exact) mass is 446 g/mol. The largest absolute Gasteiger partial charge is 0.324 e. The van der Waals surface area contributed by atoms with E-state index in [2.05, 4.69) is 47.1 Å². The summed E-state index contributed by atoms with van der Waals surface area (Å²) >= 11 is 0. The third-order valence-electron chi connectivity index (χ3n) is 5.53. The summed E-state index contributed by atoms with van der Waals surface area (Å²) in [4.78, 5) is 24.9. The third kappa shape index (κ3) is 5.40. The van der Waals surface area contributed by atoms with Crippen molar-refractivity contribution in [3.8, 4) is 11.3 Å². The highest BCUT2D eigenvalue weighted by Gasteiger charge is 2.27. The van der Waals surface area contributed by atoms with Gasteiger partial charge in [0.15, 0.2) is 6.29 Å². The molecule has 2 unspecified atom stereocenters. The topological polar surface area (TPSA) is 100 Å². The van der Waals surface area contributed by atoms with Crippen LogP contribution in [0.25, 0.3) is 11.3 Å². The van der Waals surface area contributed by atoms with Gasteiger partial charge in [-0.05, 0) is 30.0 Å². The minimum Gasteiger partial charge on any atom is -0.322 e. The van der Waals surface area contributed by atoms with Crippen LogP contribution in [0.2, 0.25) is 0 Å². The zero-order valence-corrected chi connectivity index (χ0v) is 19.3. The van der Waals surface area contributed by atoms with Gasteiger partial charge < -0.3 is 10.6 Å². The summed E-state index contributed by atoms with van der Waals surface area (Å²) in [5.41, 5.74) is 3.51. The summed E-state index contributed by atoms with van der Waals surface area (Å²) < 4.78 is 1.60. The van der Waals surface area contributed by atoms with Gasteiger partial charge in [0.05, 0.1) is 5.69 Å². The number of benzene rings is 2. The smallest absolute Gasteiger partial charge is 0.322 e. The Balaban J connectivity index is 1.57. The van der Waals surface area contributed by atoms with Crippen LogP contribution in [0, 0.1) is 0 Å². The lowest BCUT2D eigenvalue weighted by atomic mass is 9.87. The average Bonchev–Trinajstić information content (AvgIpc) is 3.17. The second-order valence-corrected chi connectivity index (χ2v) is 9.37. The fraction of sp³-hybridized carbons (Fsp3) is 0.320. The molecule has 2 heterocycles. The van der Waals surface area contributed by atoms with E-state index < -0.39 is 12.3 Å². The number of nitrogens with one attached hydrogen (secondary N) is 4. The molecule has 0 aliphatic carbocycles. The molecule has 1 saturated heterocycles. The second kappa shape index (κ2) is 9.07. The van der Waals surface area contributed by atoms with Crippen LogP contribution < -0.4 is 21.3 Å². The first-order valence-corrected chi connectivity index (χ1v) is 11.1. The minimum absolute atomic E-state index is 0.0175. The fourth-order valence-corrected chi connectivity index (χ4v) is 3.76. The van der Waals surface area contributed by atoms with E-state index in [-0.39, 0.29) is 17.4 Å². The van der Waals surface area contributed by atoms with Crippen molar-refractivity contribution in [3.05, 3.63) is 66.2 Å². The van der Waals surface area contributed by atoms with E-state index in [1.165, 1.54) is 5.56 Å². The molecule has 0 bridgehead atoms. The summed E-state index contributed by atoms with van der Waals surface area (Å²) in [5, 5.41) is 16.6. The molecule has 0 saturated carbocycles. The van der Waals surface area contributed by atoms with Crippen LogP contribution >= 0.6 is 0 Å². The summed E-state index contributed by atoms with van der Waals surface area (Å²) in [5.74, 6) is 0.391.